The first kappa shape index (κ1) is 12.5. The van der Waals surface area contributed by atoms with Crippen LogP contribution in [0.5, 0.6) is 0 Å². The summed E-state index contributed by atoms with van der Waals surface area (Å²) in [5, 5.41) is 0. The summed E-state index contributed by atoms with van der Waals surface area (Å²) in [6.45, 7) is 4.60. The lowest BCUT2D eigenvalue weighted by Gasteiger charge is -2.15. The van der Waals surface area contributed by atoms with Gasteiger partial charge in [-0.3, -0.25) is 4.98 Å². The van der Waals surface area contributed by atoms with Crippen molar-refractivity contribution in [1.82, 2.24) is 4.98 Å². The number of carbonyl (C=O) groups is 1. The molecule has 1 aromatic rings. The number of ether oxygens (including phenoxy) is 1. The maximum Gasteiger partial charge on any atom is 0.381 e. The number of alkyl halides is 2. The van der Waals surface area contributed by atoms with Gasteiger partial charge in [0.15, 0.2) is 0 Å². The van der Waals surface area contributed by atoms with Gasteiger partial charge >= 0.3 is 11.9 Å². The lowest BCUT2D eigenvalue weighted by molar-refractivity contribution is -0.173. The molecule has 0 spiro atoms. The van der Waals surface area contributed by atoms with Gasteiger partial charge in [0.2, 0.25) is 0 Å². The Morgan fingerprint density at radius 2 is 1.88 bits per heavy atom. The zero-order chi connectivity index (χ0) is 12.3. The number of hydrogen-bond donors (Lipinski definition) is 0. The van der Waals surface area contributed by atoms with Crippen molar-refractivity contribution in [3.05, 3.63) is 29.1 Å². The molecule has 0 bridgehead atoms. The van der Waals surface area contributed by atoms with Crippen molar-refractivity contribution in [3.63, 3.8) is 0 Å². The van der Waals surface area contributed by atoms with E-state index in [4.69, 9.17) is 0 Å². The number of rotatable bonds is 3. The van der Waals surface area contributed by atoms with Crippen LogP contribution in [0.3, 0.4) is 0 Å². The highest BCUT2D eigenvalue weighted by Crippen LogP contribution is 2.30. The third-order valence-corrected chi connectivity index (χ3v) is 1.98. The minimum absolute atomic E-state index is 0.0720. The molecular weight excluding hydrogens is 216 g/mol. The van der Waals surface area contributed by atoms with Gasteiger partial charge in [-0.15, -0.1) is 0 Å². The molecule has 0 radical (unpaired) electrons. The topological polar surface area (TPSA) is 39.2 Å². The van der Waals surface area contributed by atoms with E-state index in [0.29, 0.717) is 11.4 Å². The Hall–Kier alpha value is -1.52. The maximum atomic E-state index is 13.6. The monoisotopic (exact) mass is 229 g/mol. The van der Waals surface area contributed by atoms with Crippen molar-refractivity contribution in [2.75, 3.05) is 6.61 Å². The van der Waals surface area contributed by atoms with Gasteiger partial charge in [-0.05, 0) is 32.9 Å². The van der Waals surface area contributed by atoms with Gasteiger partial charge in [0.05, 0.1) is 6.61 Å². The highest BCUT2D eigenvalue weighted by atomic mass is 19.3. The molecule has 0 unspecified atom stereocenters. The fourth-order valence-corrected chi connectivity index (χ4v) is 1.36. The van der Waals surface area contributed by atoms with Gasteiger partial charge < -0.3 is 4.74 Å². The van der Waals surface area contributed by atoms with Gasteiger partial charge in [-0.25, -0.2) is 4.79 Å². The fraction of sp³-hybridized carbons (Fsp3) is 0.455. The van der Waals surface area contributed by atoms with E-state index in [1.807, 2.05) is 0 Å². The van der Waals surface area contributed by atoms with Crippen LogP contribution in [0.15, 0.2) is 12.1 Å². The van der Waals surface area contributed by atoms with Crippen LogP contribution >= 0.6 is 0 Å². The summed E-state index contributed by atoms with van der Waals surface area (Å²) in [5.41, 5.74) is 0.508. The Labute approximate surface area is 92.4 Å². The molecule has 5 heteroatoms. The summed E-state index contributed by atoms with van der Waals surface area (Å²) in [6.07, 6.45) is 0. The van der Waals surface area contributed by atoms with E-state index < -0.39 is 11.9 Å². The third-order valence-electron chi connectivity index (χ3n) is 1.98. The van der Waals surface area contributed by atoms with E-state index in [-0.39, 0.29) is 12.2 Å². The molecular formula is C11H13F2NO2. The lowest BCUT2D eigenvalue weighted by Crippen LogP contribution is -2.28. The van der Waals surface area contributed by atoms with E-state index in [9.17, 15) is 13.6 Å². The van der Waals surface area contributed by atoms with Gasteiger partial charge in [-0.2, -0.15) is 8.78 Å². The smallest absolute Gasteiger partial charge is 0.381 e. The van der Waals surface area contributed by atoms with Crippen LogP contribution in [0, 0.1) is 13.8 Å². The summed E-state index contributed by atoms with van der Waals surface area (Å²) < 4.78 is 31.5. The van der Waals surface area contributed by atoms with E-state index in [1.54, 1.807) is 13.8 Å². The summed E-state index contributed by atoms with van der Waals surface area (Å²) in [7, 11) is 0. The molecule has 0 aromatic carbocycles. The largest absolute Gasteiger partial charge is 0.461 e. The van der Waals surface area contributed by atoms with Crippen LogP contribution in [-0.2, 0) is 15.5 Å². The summed E-state index contributed by atoms with van der Waals surface area (Å²) in [6, 6.07) is 2.37. The Kier molecular flexibility index (Phi) is 3.57. The molecule has 0 amide bonds. The second kappa shape index (κ2) is 4.55. The molecule has 0 fully saturated rings. The molecule has 16 heavy (non-hydrogen) atoms. The normalized spacial score (nSPS) is 11.3. The first-order valence-electron chi connectivity index (χ1n) is 4.88. The van der Waals surface area contributed by atoms with Crippen LogP contribution < -0.4 is 0 Å². The second-order valence-corrected chi connectivity index (χ2v) is 3.43. The van der Waals surface area contributed by atoms with Gasteiger partial charge in [-0.1, -0.05) is 0 Å². The number of hydrogen-bond acceptors (Lipinski definition) is 3. The van der Waals surface area contributed by atoms with Crippen molar-refractivity contribution in [1.29, 1.82) is 0 Å². The van der Waals surface area contributed by atoms with Crippen molar-refractivity contribution >= 4 is 5.97 Å². The Morgan fingerprint density at radius 1 is 1.38 bits per heavy atom. The number of aryl methyl sites for hydroxylation is 2. The highest BCUT2D eigenvalue weighted by molar-refractivity contribution is 5.79. The summed E-state index contributed by atoms with van der Waals surface area (Å²) in [4.78, 5) is 15.1. The van der Waals surface area contributed by atoms with Crippen molar-refractivity contribution < 1.29 is 18.3 Å². The van der Waals surface area contributed by atoms with E-state index in [2.05, 4.69) is 9.72 Å². The van der Waals surface area contributed by atoms with Crippen LogP contribution in [0.4, 0.5) is 8.78 Å². The molecule has 1 aromatic heterocycles. The molecule has 0 aliphatic rings. The summed E-state index contributed by atoms with van der Waals surface area (Å²) in [5.74, 6) is -5.14. The quantitative estimate of drug-likeness (QED) is 0.747. The third kappa shape index (κ3) is 2.53. The van der Waals surface area contributed by atoms with Crippen molar-refractivity contribution in [2.24, 2.45) is 0 Å². The Balaban J connectivity index is 3.10. The van der Waals surface area contributed by atoms with Gasteiger partial charge in [0.25, 0.3) is 0 Å². The highest BCUT2D eigenvalue weighted by Gasteiger charge is 2.42. The minimum atomic E-state index is -3.62. The van der Waals surface area contributed by atoms with E-state index >= 15 is 0 Å². The number of aromatic nitrogens is 1. The average molecular weight is 229 g/mol. The van der Waals surface area contributed by atoms with E-state index in [1.165, 1.54) is 19.1 Å². The Bertz CT molecular complexity index is 385. The maximum absolute atomic E-state index is 13.6. The number of esters is 1. The Morgan fingerprint density at radius 3 is 2.31 bits per heavy atom. The number of carbonyl (C=O) groups excluding carboxylic acids is 1. The molecule has 0 atom stereocenters. The van der Waals surface area contributed by atoms with Crippen LogP contribution in [0.1, 0.15) is 23.9 Å². The predicted octanol–water partition coefficient (Wildman–Crippen LogP) is 2.35. The standard InChI is InChI=1S/C11H13F2NO2/c1-4-16-10(15)11(12,13)9-5-7(2)14-8(3)6-9/h5-6H,4H2,1-3H3. The molecule has 0 aliphatic carbocycles. The molecule has 0 saturated carbocycles. The SMILES string of the molecule is CCOC(=O)C(F)(F)c1cc(C)nc(C)c1. The van der Waals surface area contributed by atoms with E-state index in [0.717, 1.165) is 0 Å². The molecule has 1 heterocycles. The first-order valence-corrected chi connectivity index (χ1v) is 4.88. The summed E-state index contributed by atoms with van der Waals surface area (Å²) >= 11 is 0. The van der Waals surface area contributed by atoms with Gasteiger partial charge in [0, 0.05) is 17.0 Å². The van der Waals surface area contributed by atoms with Gasteiger partial charge in [0.1, 0.15) is 0 Å². The number of halogens is 2. The molecule has 0 saturated heterocycles. The zero-order valence-corrected chi connectivity index (χ0v) is 9.38. The first-order chi connectivity index (χ1) is 7.37. The molecule has 0 N–H and O–H groups in total. The van der Waals surface area contributed by atoms with Crippen LogP contribution in [0.25, 0.3) is 0 Å². The molecule has 88 valence electrons. The number of pyridine rings is 1. The molecule has 0 aliphatic heterocycles. The fourth-order valence-electron chi connectivity index (χ4n) is 1.36. The second-order valence-electron chi connectivity index (χ2n) is 3.43. The minimum Gasteiger partial charge on any atom is -0.461 e. The lowest BCUT2D eigenvalue weighted by atomic mass is 10.1. The zero-order valence-electron chi connectivity index (χ0n) is 9.38. The van der Waals surface area contributed by atoms with Crippen molar-refractivity contribution in [2.45, 2.75) is 26.7 Å². The molecule has 3 nitrogen and oxygen atoms in total. The van der Waals surface area contributed by atoms with Crippen LogP contribution in [0.2, 0.25) is 0 Å². The predicted molar refractivity (Wildman–Crippen MR) is 54.2 cm³/mol. The van der Waals surface area contributed by atoms with Crippen LogP contribution in [-0.4, -0.2) is 17.6 Å². The number of nitrogens with zero attached hydrogens (tertiary/aromatic N) is 1. The molecule has 1 rings (SSSR count). The average Bonchev–Trinajstić information content (AvgIpc) is 2.16. The van der Waals surface area contributed by atoms with Crippen molar-refractivity contribution in [3.8, 4) is 0 Å².